The van der Waals surface area contributed by atoms with Gasteiger partial charge >= 0.3 is 0 Å². The van der Waals surface area contributed by atoms with Gasteiger partial charge in [0, 0.05) is 26.1 Å². The Balaban J connectivity index is 1.40. The fraction of sp³-hybridized carbons (Fsp3) is 0.433. The molecular formula is C30H36N6O5. The van der Waals surface area contributed by atoms with Crippen molar-refractivity contribution >= 4 is 22.9 Å². The molecule has 216 valence electrons. The number of aliphatic hydroxyl groups excluding tert-OH is 3. The molecule has 0 bridgehead atoms. The van der Waals surface area contributed by atoms with E-state index in [2.05, 4.69) is 39.5 Å². The molecule has 0 unspecified atom stereocenters. The monoisotopic (exact) mass is 560 g/mol. The molecule has 0 saturated carbocycles. The molecule has 2 aromatic heterocycles. The summed E-state index contributed by atoms with van der Waals surface area (Å²) in [5, 5.41) is 34.4. The quantitative estimate of drug-likeness (QED) is 0.229. The Morgan fingerprint density at radius 1 is 1.02 bits per heavy atom. The first-order valence-electron chi connectivity index (χ1n) is 14.1. The minimum Gasteiger partial charge on any atom is -0.394 e. The van der Waals surface area contributed by atoms with Crippen LogP contribution >= 0.6 is 0 Å². The molecule has 4 N–H and O–H groups in total. The molecule has 2 saturated heterocycles. The van der Waals surface area contributed by atoms with Crippen molar-refractivity contribution in [3.05, 3.63) is 78.1 Å². The Morgan fingerprint density at radius 2 is 1.73 bits per heavy atom. The zero-order valence-electron chi connectivity index (χ0n) is 23.0. The van der Waals surface area contributed by atoms with Gasteiger partial charge in [0.25, 0.3) is 0 Å². The minimum absolute atomic E-state index is 0.0569. The van der Waals surface area contributed by atoms with E-state index in [1.165, 1.54) is 17.5 Å². The summed E-state index contributed by atoms with van der Waals surface area (Å²) in [5.74, 6) is 1.15. The number of benzene rings is 2. The molecule has 4 heterocycles. The zero-order chi connectivity index (χ0) is 28.3. The molecule has 41 heavy (non-hydrogen) atoms. The third-order valence-electron chi connectivity index (χ3n) is 8.07. The topological polar surface area (TPSA) is 138 Å². The maximum Gasteiger partial charge on any atom is 0.229 e. The lowest BCUT2D eigenvalue weighted by atomic mass is 9.91. The van der Waals surface area contributed by atoms with Crippen molar-refractivity contribution in [1.29, 1.82) is 0 Å². The van der Waals surface area contributed by atoms with Crippen molar-refractivity contribution in [3.63, 3.8) is 0 Å². The Bertz CT molecular complexity index is 1400. The molecule has 0 spiro atoms. The number of methoxy groups -OCH3 is 1. The summed E-state index contributed by atoms with van der Waals surface area (Å²) >= 11 is 0. The van der Waals surface area contributed by atoms with Crippen LogP contribution < -0.4 is 10.2 Å². The maximum atomic E-state index is 10.8. The van der Waals surface area contributed by atoms with Gasteiger partial charge in [-0.3, -0.25) is 4.57 Å². The number of fused-ring (bicyclic) bond motifs is 1. The fourth-order valence-electron chi connectivity index (χ4n) is 5.92. The number of nitrogens with one attached hydrogen (secondary N) is 1. The van der Waals surface area contributed by atoms with Gasteiger partial charge in [0.2, 0.25) is 5.95 Å². The van der Waals surface area contributed by atoms with Gasteiger partial charge in [-0.15, -0.1) is 0 Å². The normalized spacial score (nSPS) is 24.5. The molecule has 0 amide bonds. The standard InChI is InChI=1S/C30H36N6O5/c1-40-17-21-13-8-14-35(21)30-33-27(31-15-22(19-9-4-2-5-10-19)20-11-6-3-7-12-20)24-28(34-30)36(18-32-24)29-26(39)25(38)23(16-37)41-29/h2-7,9-12,18,21-23,25-26,29,37-39H,8,13-17H2,1H3,(H,31,33,34)/t21-,23-,25-,26-,29-/m1/s1. The van der Waals surface area contributed by atoms with Crippen LogP contribution in [0.1, 0.15) is 36.1 Å². The van der Waals surface area contributed by atoms with Gasteiger partial charge in [-0.1, -0.05) is 60.7 Å². The first-order chi connectivity index (χ1) is 20.1. The first-order valence-corrected chi connectivity index (χ1v) is 14.1. The van der Waals surface area contributed by atoms with Crippen LogP contribution in [0.15, 0.2) is 67.0 Å². The fourth-order valence-corrected chi connectivity index (χ4v) is 5.92. The average Bonchev–Trinajstić information content (AvgIpc) is 3.72. The van der Waals surface area contributed by atoms with E-state index in [0.29, 0.717) is 36.1 Å². The lowest BCUT2D eigenvalue weighted by Crippen LogP contribution is -2.34. The summed E-state index contributed by atoms with van der Waals surface area (Å²) < 4.78 is 12.9. The predicted molar refractivity (Wildman–Crippen MR) is 154 cm³/mol. The number of anilines is 2. The van der Waals surface area contributed by atoms with E-state index in [1.807, 2.05) is 36.4 Å². The lowest BCUT2D eigenvalue weighted by Gasteiger charge is -2.25. The maximum absolute atomic E-state index is 10.8. The molecule has 2 fully saturated rings. The Kier molecular flexibility index (Phi) is 8.13. The van der Waals surface area contributed by atoms with Crippen LogP contribution in [0.2, 0.25) is 0 Å². The smallest absolute Gasteiger partial charge is 0.229 e. The molecule has 11 nitrogen and oxygen atoms in total. The van der Waals surface area contributed by atoms with Crippen LogP contribution in [0, 0.1) is 0 Å². The highest BCUT2D eigenvalue weighted by atomic mass is 16.6. The number of nitrogens with zero attached hydrogens (tertiary/aromatic N) is 5. The number of hydrogen-bond donors (Lipinski definition) is 4. The minimum atomic E-state index is -1.26. The Labute approximate surface area is 238 Å². The van der Waals surface area contributed by atoms with Gasteiger partial charge in [-0.2, -0.15) is 9.97 Å². The van der Waals surface area contributed by atoms with Crippen molar-refractivity contribution < 1.29 is 24.8 Å². The number of imidazole rings is 1. The summed E-state index contributed by atoms with van der Waals surface area (Å²) in [4.78, 5) is 16.6. The van der Waals surface area contributed by atoms with Gasteiger partial charge in [-0.05, 0) is 24.0 Å². The molecule has 5 atom stereocenters. The Morgan fingerprint density at radius 3 is 2.37 bits per heavy atom. The number of hydrogen-bond acceptors (Lipinski definition) is 10. The molecule has 11 heteroatoms. The van der Waals surface area contributed by atoms with Crippen LogP contribution in [0.4, 0.5) is 11.8 Å². The van der Waals surface area contributed by atoms with Crippen LogP contribution in [-0.4, -0.2) is 92.6 Å². The summed E-state index contributed by atoms with van der Waals surface area (Å²) in [6, 6.07) is 20.8. The molecule has 2 aliphatic heterocycles. The average molecular weight is 561 g/mol. The number of aromatic nitrogens is 4. The summed E-state index contributed by atoms with van der Waals surface area (Å²) in [6.07, 6.45) is -0.855. The van der Waals surface area contributed by atoms with Gasteiger partial charge < -0.3 is 35.0 Å². The number of aliphatic hydroxyl groups is 3. The highest BCUT2D eigenvalue weighted by Gasteiger charge is 2.44. The van der Waals surface area contributed by atoms with E-state index in [4.69, 9.17) is 19.4 Å². The third-order valence-corrected chi connectivity index (χ3v) is 8.07. The van der Waals surface area contributed by atoms with E-state index in [1.54, 1.807) is 11.7 Å². The van der Waals surface area contributed by atoms with E-state index >= 15 is 0 Å². The number of ether oxygens (including phenoxy) is 2. The molecule has 0 radical (unpaired) electrons. The molecule has 0 aliphatic carbocycles. The molecule has 2 aliphatic rings. The van der Waals surface area contributed by atoms with Gasteiger partial charge in [0.15, 0.2) is 23.2 Å². The first kappa shape index (κ1) is 27.6. The van der Waals surface area contributed by atoms with Crippen molar-refractivity contribution in [3.8, 4) is 0 Å². The lowest BCUT2D eigenvalue weighted by molar-refractivity contribution is -0.0511. The van der Waals surface area contributed by atoms with Crippen LogP contribution in [-0.2, 0) is 9.47 Å². The van der Waals surface area contributed by atoms with Gasteiger partial charge in [-0.25, -0.2) is 4.98 Å². The highest BCUT2D eigenvalue weighted by Crippen LogP contribution is 2.35. The molecule has 4 aromatic rings. The number of rotatable bonds is 10. The second-order valence-corrected chi connectivity index (χ2v) is 10.6. The van der Waals surface area contributed by atoms with Gasteiger partial charge in [0.1, 0.15) is 18.3 Å². The SMILES string of the molecule is COC[C@H]1CCCN1c1nc(NCC(c2ccccc2)c2ccccc2)c2ncn([C@@H]3O[C@H](CO)[C@@H](O)[C@H]3O)c2n1. The summed E-state index contributed by atoms with van der Waals surface area (Å²) in [7, 11) is 1.69. The van der Waals surface area contributed by atoms with E-state index in [-0.39, 0.29) is 12.0 Å². The van der Waals surface area contributed by atoms with Gasteiger partial charge in [0.05, 0.1) is 25.6 Å². The zero-order valence-corrected chi connectivity index (χ0v) is 23.0. The van der Waals surface area contributed by atoms with Crippen molar-refractivity contribution in [2.24, 2.45) is 0 Å². The third kappa shape index (κ3) is 5.39. The highest BCUT2D eigenvalue weighted by molar-refractivity contribution is 5.84. The van der Waals surface area contributed by atoms with Crippen LogP contribution in [0.25, 0.3) is 11.2 Å². The Hall–Kier alpha value is -3.61. The van der Waals surface area contributed by atoms with Crippen molar-refractivity contribution in [2.45, 2.75) is 49.3 Å². The summed E-state index contributed by atoms with van der Waals surface area (Å²) in [6.45, 7) is 1.49. The molecule has 2 aromatic carbocycles. The van der Waals surface area contributed by atoms with E-state index < -0.39 is 31.1 Å². The largest absolute Gasteiger partial charge is 0.394 e. The predicted octanol–water partition coefficient (Wildman–Crippen LogP) is 2.30. The van der Waals surface area contributed by atoms with E-state index in [0.717, 1.165) is 19.4 Å². The van der Waals surface area contributed by atoms with Crippen LogP contribution in [0.3, 0.4) is 0 Å². The van der Waals surface area contributed by atoms with Crippen molar-refractivity contribution in [1.82, 2.24) is 19.5 Å². The van der Waals surface area contributed by atoms with Crippen LogP contribution in [0.5, 0.6) is 0 Å². The van der Waals surface area contributed by atoms with E-state index in [9.17, 15) is 15.3 Å². The molecular weight excluding hydrogens is 524 g/mol. The second kappa shape index (κ2) is 12.1. The second-order valence-electron chi connectivity index (χ2n) is 10.6. The van der Waals surface area contributed by atoms with Crippen molar-refractivity contribution in [2.75, 3.05) is 43.6 Å². The summed E-state index contributed by atoms with van der Waals surface area (Å²) in [5.41, 5.74) is 3.34. The molecule has 6 rings (SSSR count).